The second kappa shape index (κ2) is 11.1. The predicted molar refractivity (Wildman–Crippen MR) is 130 cm³/mol. The van der Waals surface area contributed by atoms with Gasteiger partial charge in [-0.3, -0.25) is 9.20 Å². The van der Waals surface area contributed by atoms with Crippen LogP contribution in [0.15, 0.2) is 89.9 Å². The first-order chi connectivity index (χ1) is 17.0. The second-order valence-electron chi connectivity index (χ2n) is 8.08. The summed E-state index contributed by atoms with van der Waals surface area (Å²) >= 11 is 0. The third-order valence-electron chi connectivity index (χ3n) is 5.29. The molecule has 0 aliphatic rings. The molecule has 0 aliphatic heterocycles. The molecule has 2 heterocycles. The number of aromatic nitrogens is 2. The molecule has 0 fully saturated rings. The van der Waals surface area contributed by atoms with Crippen LogP contribution in [-0.2, 0) is 33.9 Å². The van der Waals surface area contributed by atoms with E-state index in [1.165, 1.54) is 10.5 Å². The number of pyridine rings is 1. The van der Waals surface area contributed by atoms with Crippen LogP contribution in [0.2, 0.25) is 0 Å². The van der Waals surface area contributed by atoms with Crippen LogP contribution in [-0.4, -0.2) is 27.5 Å². The molecule has 0 aliphatic carbocycles. The zero-order valence-corrected chi connectivity index (χ0v) is 19.2. The number of hydrogen-bond donors (Lipinski definition) is 1. The van der Waals surface area contributed by atoms with E-state index in [4.69, 9.17) is 9.47 Å². The summed E-state index contributed by atoms with van der Waals surface area (Å²) in [5.74, 6) is -0.656. The summed E-state index contributed by atoms with van der Waals surface area (Å²) in [5.41, 5.74) is 3.10. The highest BCUT2D eigenvalue weighted by molar-refractivity contribution is 5.81. The molecule has 2 aromatic carbocycles. The molecule has 0 radical (unpaired) electrons. The van der Waals surface area contributed by atoms with Crippen molar-refractivity contribution in [2.75, 3.05) is 0 Å². The molecular formula is C27H25N3O5. The lowest BCUT2D eigenvalue weighted by Crippen LogP contribution is -2.43. The Balaban J connectivity index is 1.43. The zero-order chi connectivity index (χ0) is 24.6. The topological polar surface area (TPSA) is 99.0 Å². The fourth-order valence-corrected chi connectivity index (χ4v) is 3.53. The number of nitrogens with one attached hydrogen (secondary N) is 1. The van der Waals surface area contributed by atoms with E-state index in [1.54, 1.807) is 12.3 Å². The average molecular weight is 472 g/mol. The third-order valence-corrected chi connectivity index (χ3v) is 5.29. The molecule has 8 heteroatoms. The van der Waals surface area contributed by atoms with Crippen molar-refractivity contribution in [3.8, 4) is 0 Å². The number of carbonyl (C=O) groups excluding carboxylic acids is 2. The van der Waals surface area contributed by atoms with Crippen LogP contribution in [0.1, 0.15) is 22.4 Å². The van der Waals surface area contributed by atoms with E-state index in [9.17, 15) is 14.4 Å². The third kappa shape index (κ3) is 6.54. The molecule has 0 saturated heterocycles. The van der Waals surface area contributed by atoms with Gasteiger partial charge in [0, 0.05) is 18.7 Å². The maximum Gasteiger partial charge on any atom is 0.408 e. The fourth-order valence-electron chi connectivity index (χ4n) is 3.53. The van der Waals surface area contributed by atoms with Crippen molar-refractivity contribution in [3.63, 3.8) is 0 Å². The molecular weight excluding hydrogens is 446 g/mol. The first kappa shape index (κ1) is 23.7. The van der Waals surface area contributed by atoms with E-state index in [0.717, 1.165) is 16.7 Å². The predicted octanol–water partition coefficient (Wildman–Crippen LogP) is 3.58. The van der Waals surface area contributed by atoms with Crippen LogP contribution in [0.25, 0.3) is 5.65 Å². The van der Waals surface area contributed by atoms with Crippen molar-refractivity contribution in [3.05, 3.63) is 118 Å². The quantitative estimate of drug-likeness (QED) is 0.395. The van der Waals surface area contributed by atoms with Crippen LogP contribution in [0.4, 0.5) is 4.79 Å². The molecule has 2 aromatic heterocycles. The maximum absolute atomic E-state index is 12.9. The van der Waals surface area contributed by atoms with Gasteiger partial charge in [-0.05, 0) is 29.7 Å². The average Bonchev–Trinajstić information content (AvgIpc) is 2.87. The summed E-state index contributed by atoms with van der Waals surface area (Å²) in [6.07, 6.45) is 1.18. The van der Waals surface area contributed by atoms with E-state index < -0.39 is 18.1 Å². The molecule has 35 heavy (non-hydrogen) atoms. The number of ether oxygens (including phenoxy) is 2. The van der Waals surface area contributed by atoms with Gasteiger partial charge in [-0.1, -0.05) is 66.7 Å². The number of hydrogen-bond acceptors (Lipinski definition) is 6. The number of aryl methyl sites for hydroxylation is 1. The van der Waals surface area contributed by atoms with Crippen LogP contribution >= 0.6 is 0 Å². The first-order valence-electron chi connectivity index (χ1n) is 11.1. The Morgan fingerprint density at radius 3 is 2.31 bits per heavy atom. The number of esters is 1. The Labute approximate surface area is 202 Å². The molecule has 4 rings (SSSR count). The molecule has 178 valence electrons. The molecule has 0 bridgehead atoms. The lowest BCUT2D eigenvalue weighted by atomic mass is 10.1. The highest BCUT2D eigenvalue weighted by atomic mass is 16.6. The van der Waals surface area contributed by atoms with Gasteiger partial charge in [0.25, 0.3) is 5.56 Å². The van der Waals surface area contributed by atoms with Gasteiger partial charge in [0.2, 0.25) is 0 Å². The molecule has 0 unspecified atom stereocenters. The minimum absolute atomic E-state index is 0.0736. The molecule has 4 aromatic rings. The van der Waals surface area contributed by atoms with Gasteiger partial charge in [0.15, 0.2) is 0 Å². The Morgan fingerprint density at radius 1 is 0.914 bits per heavy atom. The number of fused-ring (bicyclic) bond motifs is 1. The minimum Gasteiger partial charge on any atom is -0.458 e. The Kier molecular flexibility index (Phi) is 7.52. The van der Waals surface area contributed by atoms with Gasteiger partial charge in [-0.2, -0.15) is 0 Å². The van der Waals surface area contributed by atoms with E-state index in [0.29, 0.717) is 11.3 Å². The highest BCUT2D eigenvalue weighted by Gasteiger charge is 2.24. The summed E-state index contributed by atoms with van der Waals surface area (Å²) in [6, 6.07) is 22.4. The minimum atomic E-state index is -0.982. The van der Waals surface area contributed by atoms with Crippen molar-refractivity contribution in [2.24, 2.45) is 0 Å². The molecule has 1 N–H and O–H groups in total. The SMILES string of the molecule is Cc1ccc2nc(COC(=O)[C@H](Cc3ccccc3)NC(=O)OCc3ccccc3)cc(=O)n2c1. The molecule has 1 atom stereocenters. The normalized spacial score (nSPS) is 11.6. The van der Waals surface area contributed by atoms with Gasteiger partial charge < -0.3 is 14.8 Å². The van der Waals surface area contributed by atoms with Crippen LogP contribution in [0.5, 0.6) is 0 Å². The van der Waals surface area contributed by atoms with Crippen LogP contribution in [0.3, 0.4) is 0 Å². The number of carbonyl (C=O) groups is 2. The monoisotopic (exact) mass is 471 g/mol. The molecule has 1 amide bonds. The fraction of sp³-hybridized carbons (Fsp3) is 0.185. The summed E-state index contributed by atoms with van der Waals surface area (Å²) in [6.45, 7) is 1.75. The lowest BCUT2D eigenvalue weighted by molar-refractivity contribution is -0.147. The number of rotatable bonds is 8. The first-order valence-corrected chi connectivity index (χ1v) is 11.1. The van der Waals surface area contributed by atoms with Crippen molar-refractivity contribution in [2.45, 2.75) is 32.6 Å². The maximum atomic E-state index is 12.9. The molecule has 0 saturated carbocycles. The van der Waals surface area contributed by atoms with Gasteiger partial charge in [-0.15, -0.1) is 0 Å². The molecule has 0 spiro atoms. The van der Waals surface area contributed by atoms with Gasteiger partial charge in [0.1, 0.15) is 24.9 Å². The number of amides is 1. The standard InChI is InChI=1S/C27H25N3O5/c1-19-12-13-24-28-22(15-25(31)30(24)16-19)18-34-26(32)23(14-20-8-4-2-5-9-20)29-27(33)35-17-21-10-6-3-7-11-21/h2-13,15-16,23H,14,17-18H2,1H3,(H,29,33)/t23-/m0/s1. The van der Waals surface area contributed by atoms with Gasteiger partial charge in [0.05, 0.1) is 5.69 Å². The number of nitrogens with zero attached hydrogens (tertiary/aromatic N) is 2. The highest BCUT2D eigenvalue weighted by Crippen LogP contribution is 2.09. The number of alkyl carbamates (subject to hydrolysis) is 1. The summed E-state index contributed by atoms with van der Waals surface area (Å²) in [5, 5.41) is 2.60. The Morgan fingerprint density at radius 2 is 1.60 bits per heavy atom. The molecule has 8 nitrogen and oxygen atoms in total. The van der Waals surface area contributed by atoms with Gasteiger partial charge >= 0.3 is 12.1 Å². The summed E-state index contributed by atoms with van der Waals surface area (Å²) in [7, 11) is 0. The second-order valence-corrected chi connectivity index (χ2v) is 8.08. The Hall–Kier alpha value is -4.46. The van der Waals surface area contributed by atoms with E-state index in [-0.39, 0.29) is 25.2 Å². The van der Waals surface area contributed by atoms with Crippen molar-refractivity contribution in [1.82, 2.24) is 14.7 Å². The van der Waals surface area contributed by atoms with E-state index in [2.05, 4.69) is 10.3 Å². The summed E-state index contributed by atoms with van der Waals surface area (Å²) in [4.78, 5) is 42.1. The smallest absolute Gasteiger partial charge is 0.408 e. The largest absolute Gasteiger partial charge is 0.458 e. The van der Waals surface area contributed by atoms with Crippen LogP contribution in [0, 0.1) is 6.92 Å². The number of benzene rings is 2. The zero-order valence-electron chi connectivity index (χ0n) is 19.2. The summed E-state index contributed by atoms with van der Waals surface area (Å²) < 4.78 is 12.1. The van der Waals surface area contributed by atoms with E-state index in [1.807, 2.05) is 73.7 Å². The van der Waals surface area contributed by atoms with E-state index >= 15 is 0 Å². The van der Waals surface area contributed by atoms with Crippen molar-refractivity contribution in [1.29, 1.82) is 0 Å². The van der Waals surface area contributed by atoms with Crippen molar-refractivity contribution >= 4 is 17.7 Å². The van der Waals surface area contributed by atoms with Crippen LogP contribution < -0.4 is 10.9 Å². The van der Waals surface area contributed by atoms with Gasteiger partial charge in [-0.25, -0.2) is 14.6 Å². The Bertz CT molecular complexity index is 1370. The van der Waals surface area contributed by atoms with Crippen molar-refractivity contribution < 1.29 is 19.1 Å². The lowest BCUT2D eigenvalue weighted by Gasteiger charge is -2.18.